The van der Waals surface area contributed by atoms with Gasteiger partial charge >= 0.3 is 6.03 Å². The molecule has 1 aliphatic carbocycles. The highest BCUT2D eigenvalue weighted by molar-refractivity contribution is 5.71. The number of nitrogens with two attached hydrogens (primary N) is 1. The zero-order valence-electron chi connectivity index (χ0n) is 11.0. The Bertz CT molecular complexity index is 248. The lowest BCUT2D eigenvalue weighted by molar-refractivity contribution is 0.0896. The van der Waals surface area contributed by atoms with Crippen LogP contribution < -0.4 is 11.1 Å². The van der Waals surface area contributed by atoms with Crippen LogP contribution in [0.4, 0.5) is 4.79 Å². The van der Waals surface area contributed by atoms with Crippen molar-refractivity contribution >= 4 is 6.03 Å². The highest BCUT2D eigenvalue weighted by atomic mass is 16.2. The number of primary amides is 1. The Morgan fingerprint density at radius 1 is 1.38 bits per heavy atom. The van der Waals surface area contributed by atoms with Crippen LogP contribution in [0, 0.1) is 17.3 Å². The zero-order chi connectivity index (χ0) is 12.3. The van der Waals surface area contributed by atoms with Gasteiger partial charge in [-0.3, -0.25) is 0 Å². The minimum Gasteiger partial charge on any atom is -0.352 e. The first-order valence-corrected chi connectivity index (χ1v) is 6.40. The number of nitrogens with one attached hydrogen (secondary N) is 1. The van der Waals surface area contributed by atoms with E-state index in [1.54, 1.807) is 0 Å². The van der Waals surface area contributed by atoms with Crippen molar-refractivity contribution in [3.8, 4) is 0 Å². The molecule has 0 heterocycles. The molecule has 2 atom stereocenters. The number of carbonyl (C=O) groups is 1. The van der Waals surface area contributed by atoms with E-state index < -0.39 is 0 Å². The first-order valence-electron chi connectivity index (χ1n) is 6.40. The minimum atomic E-state index is -0.381. The van der Waals surface area contributed by atoms with Gasteiger partial charge in [-0.2, -0.15) is 0 Å². The highest BCUT2D eigenvalue weighted by Crippen LogP contribution is 2.43. The van der Waals surface area contributed by atoms with Crippen LogP contribution in [0.1, 0.15) is 53.4 Å². The van der Waals surface area contributed by atoms with Crippen LogP contribution in [0.3, 0.4) is 0 Å². The molecular weight excluding hydrogens is 200 g/mol. The standard InChI is InChI=1S/C13H26N2O/c1-9(2)13(3,4)10-6-5-7-11(8-10)15-12(14)16/h9-11H,5-8H2,1-4H3,(H3,14,15,16). The van der Waals surface area contributed by atoms with Gasteiger partial charge in [0.25, 0.3) is 0 Å². The molecule has 2 amide bonds. The SMILES string of the molecule is CC(C)C(C)(C)C1CCCC(NC(N)=O)C1. The molecule has 0 spiro atoms. The lowest BCUT2D eigenvalue weighted by Crippen LogP contribution is -2.44. The molecule has 1 saturated carbocycles. The Morgan fingerprint density at radius 2 is 2.00 bits per heavy atom. The average Bonchev–Trinajstić information content (AvgIpc) is 2.16. The zero-order valence-corrected chi connectivity index (χ0v) is 11.0. The van der Waals surface area contributed by atoms with Crippen molar-refractivity contribution in [2.24, 2.45) is 23.0 Å². The second kappa shape index (κ2) is 5.07. The van der Waals surface area contributed by atoms with Gasteiger partial charge in [0, 0.05) is 6.04 Å². The lowest BCUT2D eigenvalue weighted by Gasteiger charge is -2.42. The lowest BCUT2D eigenvalue weighted by atomic mass is 9.64. The number of urea groups is 1. The molecule has 16 heavy (non-hydrogen) atoms. The maximum Gasteiger partial charge on any atom is 0.312 e. The molecule has 1 aliphatic rings. The van der Waals surface area contributed by atoms with Crippen molar-refractivity contribution < 1.29 is 4.79 Å². The van der Waals surface area contributed by atoms with E-state index in [0.29, 0.717) is 17.3 Å². The Morgan fingerprint density at radius 3 is 2.50 bits per heavy atom. The quantitative estimate of drug-likeness (QED) is 0.764. The van der Waals surface area contributed by atoms with Gasteiger partial charge in [0.15, 0.2) is 0 Å². The Kier molecular flexibility index (Phi) is 4.22. The largest absolute Gasteiger partial charge is 0.352 e. The van der Waals surface area contributed by atoms with Gasteiger partial charge in [-0.15, -0.1) is 0 Å². The van der Waals surface area contributed by atoms with Crippen LogP contribution in [-0.4, -0.2) is 12.1 Å². The Hall–Kier alpha value is -0.730. The fraction of sp³-hybridized carbons (Fsp3) is 0.923. The van der Waals surface area contributed by atoms with Gasteiger partial charge in [-0.25, -0.2) is 4.79 Å². The third-order valence-electron chi connectivity index (χ3n) is 4.56. The van der Waals surface area contributed by atoms with Gasteiger partial charge in [0.2, 0.25) is 0 Å². The fourth-order valence-electron chi connectivity index (χ4n) is 2.67. The molecule has 1 fully saturated rings. The van der Waals surface area contributed by atoms with E-state index in [4.69, 9.17) is 5.73 Å². The molecule has 3 N–H and O–H groups in total. The number of rotatable bonds is 3. The Labute approximate surface area is 99.2 Å². The number of amides is 2. The molecule has 0 aromatic carbocycles. The molecule has 0 aromatic heterocycles. The van der Waals surface area contributed by atoms with Crippen molar-refractivity contribution in [1.29, 1.82) is 0 Å². The van der Waals surface area contributed by atoms with Crippen LogP contribution >= 0.6 is 0 Å². The maximum absolute atomic E-state index is 10.9. The summed E-state index contributed by atoms with van der Waals surface area (Å²) in [7, 11) is 0. The van der Waals surface area contributed by atoms with E-state index in [1.165, 1.54) is 12.8 Å². The summed E-state index contributed by atoms with van der Waals surface area (Å²) in [5, 5.41) is 2.86. The molecule has 0 saturated heterocycles. The molecule has 94 valence electrons. The molecule has 3 heteroatoms. The Balaban J connectivity index is 2.59. The second-order valence-electron chi connectivity index (χ2n) is 6.05. The van der Waals surface area contributed by atoms with Crippen molar-refractivity contribution in [3.05, 3.63) is 0 Å². The van der Waals surface area contributed by atoms with Crippen LogP contribution in [0.2, 0.25) is 0 Å². The van der Waals surface area contributed by atoms with Crippen molar-refractivity contribution in [2.75, 3.05) is 0 Å². The molecule has 0 aliphatic heterocycles. The normalized spacial score (nSPS) is 26.8. The number of hydrogen-bond donors (Lipinski definition) is 2. The molecule has 2 unspecified atom stereocenters. The third-order valence-corrected chi connectivity index (χ3v) is 4.56. The highest BCUT2D eigenvalue weighted by Gasteiger charge is 2.36. The minimum absolute atomic E-state index is 0.286. The fourth-order valence-corrected chi connectivity index (χ4v) is 2.67. The monoisotopic (exact) mass is 226 g/mol. The predicted octanol–water partition coefficient (Wildman–Crippen LogP) is 2.90. The molecular formula is C13H26N2O. The van der Waals surface area contributed by atoms with Crippen molar-refractivity contribution in [3.63, 3.8) is 0 Å². The summed E-state index contributed by atoms with van der Waals surface area (Å²) in [6.07, 6.45) is 4.63. The first-order chi connectivity index (χ1) is 7.34. The third kappa shape index (κ3) is 3.13. The summed E-state index contributed by atoms with van der Waals surface area (Å²) in [6, 6.07) is -0.0951. The summed E-state index contributed by atoms with van der Waals surface area (Å²) < 4.78 is 0. The van der Waals surface area contributed by atoms with E-state index in [1.807, 2.05) is 0 Å². The van der Waals surface area contributed by atoms with E-state index in [-0.39, 0.29) is 12.1 Å². The van der Waals surface area contributed by atoms with E-state index >= 15 is 0 Å². The van der Waals surface area contributed by atoms with Gasteiger partial charge in [0.1, 0.15) is 0 Å². The van der Waals surface area contributed by atoms with Gasteiger partial charge in [-0.05, 0) is 36.5 Å². The summed E-state index contributed by atoms with van der Waals surface area (Å²) >= 11 is 0. The summed E-state index contributed by atoms with van der Waals surface area (Å²) in [6.45, 7) is 9.25. The van der Waals surface area contributed by atoms with Crippen LogP contribution in [0.25, 0.3) is 0 Å². The van der Waals surface area contributed by atoms with Crippen LogP contribution in [0.15, 0.2) is 0 Å². The van der Waals surface area contributed by atoms with Crippen molar-refractivity contribution in [2.45, 2.75) is 59.4 Å². The summed E-state index contributed by atoms with van der Waals surface area (Å²) in [5.41, 5.74) is 5.53. The molecule has 0 aromatic rings. The molecule has 1 rings (SSSR count). The first kappa shape index (κ1) is 13.3. The molecule has 0 bridgehead atoms. The van der Waals surface area contributed by atoms with E-state index in [9.17, 15) is 4.79 Å². The smallest absolute Gasteiger partial charge is 0.312 e. The maximum atomic E-state index is 10.9. The van der Waals surface area contributed by atoms with Gasteiger partial charge < -0.3 is 11.1 Å². The topological polar surface area (TPSA) is 55.1 Å². The molecule has 0 radical (unpaired) electrons. The van der Waals surface area contributed by atoms with Gasteiger partial charge in [0.05, 0.1) is 0 Å². The summed E-state index contributed by atoms with van der Waals surface area (Å²) in [4.78, 5) is 10.9. The summed E-state index contributed by atoms with van der Waals surface area (Å²) in [5.74, 6) is 1.36. The number of carbonyl (C=O) groups excluding carboxylic acids is 1. The molecule has 3 nitrogen and oxygen atoms in total. The second-order valence-corrected chi connectivity index (χ2v) is 6.05. The average molecular weight is 226 g/mol. The predicted molar refractivity (Wildman–Crippen MR) is 67.1 cm³/mol. The van der Waals surface area contributed by atoms with E-state index in [2.05, 4.69) is 33.0 Å². The van der Waals surface area contributed by atoms with Crippen molar-refractivity contribution in [1.82, 2.24) is 5.32 Å². The number of hydrogen-bond acceptors (Lipinski definition) is 1. The van der Waals surface area contributed by atoms with Gasteiger partial charge in [-0.1, -0.05) is 34.1 Å². The van der Waals surface area contributed by atoms with Crippen LogP contribution in [0.5, 0.6) is 0 Å². The van der Waals surface area contributed by atoms with Crippen LogP contribution in [-0.2, 0) is 0 Å². The van der Waals surface area contributed by atoms with E-state index in [0.717, 1.165) is 12.8 Å².